The summed E-state index contributed by atoms with van der Waals surface area (Å²) >= 11 is -2.88. The van der Waals surface area contributed by atoms with Crippen molar-refractivity contribution in [3.05, 3.63) is 0 Å². The summed E-state index contributed by atoms with van der Waals surface area (Å²) in [5.41, 5.74) is 0.108. The normalized spacial score (nSPS) is 12.3. The van der Waals surface area contributed by atoms with Gasteiger partial charge in [-0.2, -0.15) is 0 Å². The van der Waals surface area contributed by atoms with Gasteiger partial charge in [0.05, 0.1) is 80.0 Å². The molecule has 0 rings (SSSR count). The van der Waals surface area contributed by atoms with Crippen molar-refractivity contribution in [2.45, 2.75) is 27.7 Å². The molecule has 0 saturated carbocycles. The Labute approximate surface area is 234 Å². The first kappa shape index (κ1) is 48.3. The van der Waals surface area contributed by atoms with Crippen LogP contribution in [-0.2, 0) is 35.8 Å². The zero-order valence-electron chi connectivity index (χ0n) is 22.5. The van der Waals surface area contributed by atoms with Crippen molar-refractivity contribution in [1.82, 2.24) is 0 Å². The summed E-state index contributed by atoms with van der Waals surface area (Å²) < 4.78 is 56.0. The van der Waals surface area contributed by atoms with Gasteiger partial charge in [-0.3, -0.25) is 13.2 Å². The molecule has 0 fully saturated rings. The molecule has 0 aliphatic carbocycles. The van der Waals surface area contributed by atoms with Gasteiger partial charge in [0.15, 0.2) is 0 Å². The third kappa shape index (κ3) is 78.9. The van der Waals surface area contributed by atoms with E-state index >= 15 is 0 Å². The third-order valence-corrected chi connectivity index (χ3v) is 2.87. The van der Waals surface area contributed by atoms with Crippen LogP contribution >= 0.6 is 0 Å². The van der Waals surface area contributed by atoms with Gasteiger partial charge in [0, 0.05) is 21.2 Å². The van der Waals surface area contributed by atoms with Gasteiger partial charge >= 0.3 is 29.6 Å². The summed E-state index contributed by atoms with van der Waals surface area (Å²) in [5.74, 6) is 0. The van der Waals surface area contributed by atoms with Crippen LogP contribution < -0.4 is 40.1 Å². The van der Waals surface area contributed by atoms with Crippen molar-refractivity contribution in [3.8, 4) is 0 Å². The van der Waals surface area contributed by atoms with E-state index in [1.165, 1.54) is 0 Å². The first-order valence-electron chi connectivity index (χ1n) is 9.33. The SMILES string of the molecule is CC(C)(CO)C[N+](C)(C)C.CC(C)(CO)C[N+](C)(C)C.O=CO[O-].O=S(=O)([O-])[O-].O=S([O-])O[O-].[Na+]. The van der Waals surface area contributed by atoms with Crippen molar-refractivity contribution in [2.75, 3.05) is 68.6 Å². The molecule has 0 spiro atoms. The van der Waals surface area contributed by atoms with Gasteiger partial charge in [-0.1, -0.05) is 27.7 Å². The summed E-state index contributed by atoms with van der Waals surface area (Å²) in [5, 5.41) is 34.8. The molecule has 0 bridgehead atoms. The Balaban J connectivity index is -0.0000000785. The Morgan fingerprint density at radius 2 is 1.03 bits per heavy atom. The molecule has 18 heteroatoms. The minimum Gasteiger partial charge on any atom is -0.759 e. The molecule has 0 heterocycles. The van der Waals surface area contributed by atoms with Gasteiger partial charge in [0.2, 0.25) is 0 Å². The summed E-state index contributed by atoms with van der Waals surface area (Å²) in [6.45, 7) is 10.7. The Morgan fingerprint density at radius 1 is 0.857 bits per heavy atom. The van der Waals surface area contributed by atoms with Crippen molar-refractivity contribution < 1.29 is 99.6 Å². The van der Waals surface area contributed by atoms with Crippen LogP contribution in [0.1, 0.15) is 27.7 Å². The molecule has 0 amide bonds. The fourth-order valence-electron chi connectivity index (χ4n) is 2.67. The van der Waals surface area contributed by atoms with Crippen molar-refractivity contribution in [2.24, 2.45) is 10.8 Å². The van der Waals surface area contributed by atoms with Gasteiger partial charge in [0.25, 0.3) is 6.47 Å². The van der Waals surface area contributed by atoms with Gasteiger partial charge in [-0.15, -0.1) is 0 Å². The molecule has 35 heavy (non-hydrogen) atoms. The van der Waals surface area contributed by atoms with E-state index in [-0.39, 0.29) is 60.1 Å². The monoisotopic (exact) mass is 568 g/mol. The van der Waals surface area contributed by atoms with Crippen LogP contribution in [0.5, 0.6) is 0 Å². The van der Waals surface area contributed by atoms with E-state index in [2.05, 4.69) is 79.2 Å². The van der Waals surface area contributed by atoms with Crippen LogP contribution in [0.15, 0.2) is 0 Å². The first-order chi connectivity index (χ1) is 14.7. The van der Waals surface area contributed by atoms with Crippen LogP contribution in [-0.4, -0.2) is 121 Å². The number of hydrogen-bond acceptors (Lipinski definition) is 13. The fraction of sp³-hybridized carbons (Fsp3) is 0.941. The molecule has 1 atom stereocenters. The summed E-state index contributed by atoms with van der Waals surface area (Å²) in [7, 11) is 7.65. The van der Waals surface area contributed by atoms with E-state index in [1.54, 1.807) is 0 Å². The molecule has 0 aromatic rings. The van der Waals surface area contributed by atoms with Crippen LogP contribution in [0.3, 0.4) is 0 Å². The Morgan fingerprint density at radius 3 is 1.06 bits per heavy atom. The second-order valence-corrected chi connectivity index (χ2v) is 11.8. The zero-order valence-corrected chi connectivity index (χ0v) is 26.1. The maximum absolute atomic E-state index is 8.95. The Kier molecular flexibility index (Phi) is 32.1. The van der Waals surface area contributed by atoms with Gasteiger partial charge in [0.1, 0.15) is 0 Å². The number of aliphatic hydroxyl groups excluding tert-OH is 2. The fourth-order valence-corrected chi connectivity index (χ4v) is 2.67. The van der Waals surface area contributed by atoms with Crippen molar-refractivity contribution in [3.63, 3.8) is 0 Å². The van der Waals surface area contributed by atoms with E-state index in [4.69, 9.17) is 51.8 Å². The number of nitrogens with zero attached hydrogens (tertiary/aromatic N) is 2. The number of carbonyl (C=O) groups excluding carboxylic acids is 1. The van der Waals surface area contributed by atoms with Gasteiger partial charge in [-0.25, -0.2) is 4.21 Å². The average Bonchev–Trinajstić information content (AvgIpc) is 2.57. The molecule has 0 aliphatic heterocycles. The minimum atomic E-state index is -5.17. The number of rotatable bonds is 8. The first-order valence-corrected chi connectivity index (χ1v) is 11.7. The molecule has 212 valence electrons. The standard InChI is InChI=1S/2C8H20NO.CH2O3.Na.2H2O4S/c2*1-8(2,7-10)6-9(3,4)5;2-1-4-3;;1-5(2,3)4;1-4-5(2)3/h2*10H,6-7H2,1-5H3;1,3H;;(H2,1,2,3,4);1H,(H,2,3)/q2*+1;;+1;;/p-5. The Hall–Kier alpha value is 0.170. The van der Waals surface area contributed by atoms with Crippen molar-refractivity contribution >= 4 is 28.2 Å². The molecule has 0 aliphatic rings. The van der Waals surface area contributed by atoms with E-state index < -0.39 is 21.8 Å². The largest absolute Gasteiger partial charge is 1.00 e. The molecule has 0 aromatic heterocycles. The number of carbonyl (C=O) groups is 1. The van der Waals surface area contributed by atoms with E-state index in [1.807, 2.05) is 0 Å². The molecule has 0 aromatic carbocycles. The predicted octanol–water partition coefficient (Wildman–Crippen LogP) is -6.40. The van der Waals surface area contributed by atoms with Crippen LogP contribution in [0, 0.1) is 10.8 Å². The van der Waals surface area contributed by atoms with E-state index in [0.717, 1.165) is 22.1 Å². The number of hydrogen-bond donors (Lipinski definition) is 2. The molecular weight excluding hydrogens is 527 g/mol. The predicted molar refractivity (Wildman–Crippen MR) is 115 cm³/mol. The van der Waals surface area contributed by atoms with Crippen LogP contribution in [0.25, 0.3) is 0 Å². The quantitative estimate of drug-likeness (QED) is 0.0405. The minimum absolute atomic E-state index is 0. The zero-order chi connectivity index (χ0) is 29.0. The van der Waals surface area contributed by atoms with Crippen LogP contribution in [0.4, 0.5) is 0 Å². The average molecular weight is 569 g/mol. The molecule has 0 radical (unpaired) electrons. The summed E-state index contributed by atoms with van der Waals surface area (Å²) in [6, 6.07) is 0. The topological polar surface area (TPSA) is 242 Å². The molecule has 0 saturated heterocycles. The van der Waals surface area contributed by atoms with Crippen LogP contribution in [0.2, 0.25) is 0 Å². The molecule has 2 N–H and O–H groups in total. The second-order valence-electron chi connectivity index (χ2n) is 10.4. The maximum atomic E-state index is 8.95. The molecular formula is C17H41N2NaO13S2-2. The third-order valence-electron chi connectivity index (χ3n) is 2.76. The summed E-state index contributed by atoms with van der Waals surface area (Å²) in [4.78, 5) is 11.2. The smallest absolute Gasteiger partial charge is 0.759 e. The Bertz CT molecular complexity index is 584. The van der Waals surface area contributed by atoms with Crippen molar-refractivity contribution in [1.29, 1.82) is 0 Å². The molecule has 1 unspecified atom stereocenters. The second kappa shape index (κ2) is 23.3. The van der Waals surface area contributed by atoms with Gasteiger partial charge in [-0.05, 0) is 0 Å². The number of quaternary nitrogens is 2. The summed E-state index contributed by atoms with van der Waals surface area (Å²) in [6.07, 6.45) is 0. The van der Waals surface area contributed by atoms with Gasteiger partial charge < -0.3 is 52.6 Å². The molecule has 15 nitrogen and oxygen atoms in total. The van der Waals surface area contributed by atoms with E-state index in [9.17, 15) is 0 Å². The van der Waals surface area contributed by atoms with E-state index in [0.29, 0.717) is 0 Å². The maximum Gasteiger partial charge on any atom is 1.00 e. The number of aliphatic hydroxyl groups is 2.